The summed E-state index contributed by atoms with van der Waals surface area (Å²) in [5.41, 5.74) is 0.927. The Kier molecular flexibility index (Phi) is 4.41. The van der Waals surface area contributed by atoms with E-state index in [9.17, 15) is 4.79 Å². The summed E-state index contributed by atoms with van der Waals surface area (Å²) in [5, 5.41) is 11.1. The second-order valence-corrected chi connectivity index (χ2v) is 6.13. The van der Waals surface area contributed by atoms with Gasteiger partial charge in [-0.25, -0.2) is 0 Å². The van der Waals surface area contributed by atoms with Crippen LogP contribution in [0.2, 0.25) is 0 Å². The Labute approximate surface area is 155 Å². The molecule has 0 bridgehead atoms. The van der Waals surface area contributed by atoms with E-state index in [1.54, 1.807) is 30.3 Å². The Hall–Kier alpha value is -3.49. The molecule has 1 amide bonds. The van der Waals surface area contributed by atoms with Gasteiger partial charge in [0.2, 0.25) is 5.88 Å². The summed E-state index contributed by atoms with van der Waals surface area (Å²) < 4.78 is 20.0. The van der Waals surface area contributed by atoms with Crippen molar-refractivity contribution >= 4 is 11.6 Å². The van der Waals surface area contributed by atoms with Gasteiger partial charge >= 0.3 is 0 Å². The topological polar surface area (TPSA) is 92.4 Å². The van der Waals surface area contributed by atoms with Crippen LogP contribution in [0.5, 0.6) is 17.4 Å². The fraction of sp³-hybridized carbons (Fsp3) is 0.278. The number of methoxy groups -OCH3 is 1. The summed E-state index contributed by atoms with van der Waals surface area (Å²) in [6.07, 6.45) is 4.76. The molecule has 1 atom stereocenters. The predicted octanol–water partition coefficient (Wildman–Crippen LogP) is 1.72. The summed E-state index contributed by atoms with van der Waals surface area (Å²) in [6.45, 7) is 0.936. The Bertz CT molecular complexity index is 964. The fourth-order valence-corrected chi connectivity index (χ4v) is 2.86. The van der Waals surface area contributed by atoms with Crippen LogP contribution in [0.15, 0.2) is 42.9 Å². The molecule has 0 fully saturated rings. The molecule has 1 aliphatic heterocycles. The van der Waals surface area contributed by atoms with Crippen LogP contribution in [-0.4, -0.2) is 45.3 Å². The number of carbonyl (C=O) groups excluding carboxylic acids is 1. The summed E-state index contributed by atoms with van der Waals surface area (Å²) >= 11 is 0. The van der Waals surface area contributed by atoms with Gasteiger partial charge in [0.15, 0.2) is 17.6 Å². The number of hydrogen-bond donors (Lipinski definition) is 1. The number of nitrogens with zero attached hydrogens (tertiary/aromatic N) is 4. The molecule has 4 rings (SSSR count). The molecule has 0 saturated carbocycles. The number of benzene rings is 1. The molecule has 3 aromatic rings. The van der Waals surface area contributed by atoms with Crippen molar-refractivity contribution in [2.24, 2.45) is 7.05 Å². The minimum Gasteiger partial charge on any atom is -0.486 e. The monoisotopic (exact) mass is 369 g/mol. The zero-order chi connectivity index (χ0) is 18.8. The number of carbonyl (C=O) groups is 1. The molecule has 9 nitrogen and oxygen atoms in total. The number of aryl methyl sites for hydroxylation is 1. The van der Waals surface area contributed by atoms with E-state index in [0.29, 0.717) is 24.4 Å². The SMILES string of the molecule is COc1nn(C)cc1C(=O)Nc1cnn(CC2COc3ccccc3O2)c1. The van der Waals surface area contributed by atoms with Crippen molar-refractivity contribution in [3.63, 3.8) is 0 Å². The van der Waals surface area contributed by atoms with Gasteiger partial charge in [0.1, 0.15) is 12.2 Å². The molecule has 1 aliphatic rings. The van der Waals surface area contributed by atoms with Crippen LogP contribution in [0.4, 0.5) is 5.69 Å². The summed E-state index contributed by atoms with van der Waals surface area (Å²) in [4.78, 5) is 12.4. The molecular weight excluding hydrogens is 350 g/mol. The van der Waals surface area contributed by atoms with E-state index in [1.165, 1.54) is 11.8 Å². The van der Waals surface area contributed by atoms with Crippen molar-refractivity contribution < 1.29 is 19.0 Å². The lowest BCUT2D eigenvalue weighted by Gasteiger charge is -2.26. The number of rotatable bonds is 5. The summed E-state index contributed by atoms with van der Waals surface area (Å²) in [6, 6.07) is 7.55. The normalized spacial score (nSPS) is 15.4. The molecule has 2 aromatic heterocycles. The van der Waals surface area contributed by atoms with Crippen LogP contribution in [0, 0.1) is 0 Å². The molecular formula is C18H19N5O4. The molecule has 0 radical (unpaired) electrons. The molecule has 1 N–H and O–H groups in total. The second kappa shape index (κ2) is 7.02. The van der Waals surface area contributed by atoms with Crippen molar-refractivity contribution in [2.75, 3.05) is 19.0 Å². The van der Waals surface area contributed by atoms with Crippen molar-refractivity contribution in [3.8, 4) is 17.4 Å². The molecule has 27 heavy (non-hydrogen) atoms. The number of para-hydroxylation sites is 2. The van der Waals surface area contributed by atoms with Crippen LogP contribution in [0.1, 0.15) is 10.4 Å². The van der Waals surface area contributed by atoms with Gasteiger partial charge in [-0.05, 0) is 12.1 Å². The lowest BCUT2D eigenvalue weighted by atomic mass is 10.2. The zero-order valence-electron chi connectivity index (χ0n) is 15.0. The van der Waals surface area contributed by atoms with Gasteiger partial charge in [-0.15, -0.1) is 5.10 Å². The number of amides is 1. The molecule has 0 saturated heterocycles. The first-order valence-corrected chi connectivity index (χ1v) is 8.42. The van der Waals surface area contributed by atoms with Crippen molar-refractivity contribution in [1.29, 1.82) is 0 Å². The average molecular weight is 369 g/mol. The maximum atomic E-state index is 12.4. The quantitative estimate of drug-likeness (QED) is 0.736. The van der Waals surface area contributed by atoms with Crippen LogP contribution in [0.25, 0.3) is 0 Å². The third-order valence-corrected chi connectivity index (χ3v) is 4.08. The minimum atomic E-state index is -0.314. The Morgan fingerprint density at radius 2 is 2.15 bits per heavy atom. The van der Waals surface area contributed by atoms with Gasteiger partial charge < -0.3 is 19.5 Å². The van der Waals surface area contributed by atoms with E-state index in [1.807, 2.05) is 24.3 Å². The number of fused-ring (bicyclic) bond motifs is 1. The highest BCUT2D eigenvalue weighted by atomic mass is 16.6. The molecule has 1 unspecified atom stereocenters. The van der Waals surface area contributed by atoms with Crippen LogP contribution < -0.4 is 19.5 Å². The van der Waals surface area contributed by atoms with Crippen LogP contribution in [-0.2, 0) is 13.6 Å². The van der Waals surface area contributed by atoms with E-state index in [2.05, 4.69) is 15.5 Å². The average Bonchev–Trinajstić information content (AvgIpc) is 3.27. The van der Waals surface area contributed by atoms with Gasteiger partial charge in [0.05, 0.1) is 25.5 Å². The van der Waals surface area contributed by atoms with Gasteiger partial charge in [0.25, 0.3) is 5.91 Å². The second-order valence-electron chi connectivity index (χ2n) is 6.13. The number of nitrogens with one attached hydrogen (secondary N) is 1. The van der Waals surface area contributed by atoms with Crippen molar-refractivity contribution in [3.05, 3.63) is 48.4 Å². The lowest BCUT2D eigenvalue weighted by molar-refractivity contribution is 0.0759. The molecule has 1 aromatic carbocycles. The van der Waals surface area contributed by atoms with Crippen LogP contribution in [0.3, 0.4) is 0 Å². The Balaban J connectivity index is 1.40. The van der Waals surface area contributed by atoms with Crippen LogP contribution >= 0.6 is 0 Å². The standard InChI is InChI=1S/C18H19N5O4/c1-22-10-14(18(21-22)25-2)17(24)20-12-7-19-23(8-12)9-13-11-26-15-5-3-4-6-16(15)27-13/h3-8,10,13H,9,11H2,1-2H3,(H,20,24). The first kappa shape index (κ1) is 17.0. The Morgan fingerprint density at radius 1 is 1.33 bits per heavy atom. The highest BCUT2D eigenvalue weighted by molar-refractivity contribution is 6.05. The van der Waals surface area contributed by atoms with Gasteiger partial charge in [-0.2, -0.15) is 5.10 Å². The van der Waals surface area contributed by atoms with E-state index in [0.717, 1.165) is 11.5 Å². The van der Waals surface area contributed by atoms with E-state index >= 15 is 0 Å². The van der Waals surface area contributed by atoms with Crippen molar-refractivity contribution in [1.82, 2.24) is 19.6 Å². The van der Waals surface area contributed by atoms with E-state index in [-0.39, 0.29) is 17.9 Å². The number of aromatic nitrogens is 4. The van der Waals surface area contributed by atoms with E-state index < -0.39 is 0 Å². The largest absolute Gasteiger partial charge is 0.486 e. The number of hydrogen-bond acceptors (Lipinski definition) is 6. The summed E-state index contributed by atoms with van der Waals surface area (Å²) in [5.74, 6) is 1.42. The predicted molar refractivity (Wildman–Crippen MR) is 96.3 cm³/mol. The fourth-order valence-electron chi connectivity index (χ4n) is 2.86. The van der Waals surface area contributed by atoms with Gasteiger partial charge in [-0.1, -0.05) is 12.1 Å². The zero-order valence-corrected chi connectivity index (χ0v) is 15.0. The third-order valence-electron chi connectivity index (χ3n) is 4.08. The number of anilines is 1. The molecule has 140 valence electrons. The highest BCUT2D eigenvalue weighted by Gasteiger charge is 2.22. The van der Waals surface area contributed by atoms with E-state index in [4.69, 9.17) is 14.2 Å². The first-order chi connectivity index (χ1) is 13.1. The first-order valence-electron chi connectivity index (χ1n) is 8.42. The molecule has 0 aliphatic carbocycles. The summed E-state index contributed by atoms with van der Waals surface area (Å²) in [7, 11) is 3.20. The molecule has 9 heteroatoms. The Morgan fingerprint density at radius 3 is 2.96 bits per heavy atom. The van der Waals surface area contributed by atoms with Crippen molar-refractivity contribution in [2.45, 2.75) is 12.6 Å². The van der Waals surface area contributed by atoms with Gasteiger partial charge in [0, 0.05) is 19.4 Å². The maximum absolute atomic E-state index is 12.4. The third kappa shape index (κ3) is 3.57. The molecule has 3 heterocycles. The lowest BCUT2D eigenvalue weighted by Crippen LogP contribution is -2.33. The van der Waals surface area contributed by atoms with Gasteiger partial charge in [-0.3, -0.25) is 14.2 Å². The molecule has 0 spiro atoms. The smallest absolute Gasteiger partial charge is 0.262 e. The minimum absolute atomic E-state index is 0.165. The maximum Gasteiger partial charge on any atom is 0.262 e. The number of ether oxygens (including phenoxy) is 3. The highest BCUT2D eigenvalue weighted by Crippen LogP contribution is 2.31.